The first-order valence-corrected chi connectivity index (χ1v) is 9.45. The molecular weight excluding hydrogens is 348 g/mol. The summed E-state index contributed by atoms with van der Waals surface area (Å²) in [6.45, 7) is 4.54. The van der Waals surface area contributed by atoms with Crippen LogP contribution in [0.1, 0.15) is 25.0 Å². The summed E-state index contributed by atoms with van der Waals surface area (Å²) in [7, 11) is 3.69. The predicted molar refractivity (Wildman–Crippen MR) is 114 cm³/mol. The molecule has 2 aromatic carbocycles. The molecule has 1 unspecified atom stereocenters. The quantitative estimate of drug-likeness (QED) is 0.699. The number of fused-ring (bicyclic) bond motifs is 1. The molecule has 3 aromatic rings. The number of benzene rings is 2. The van der Waals surface area contributed by atoms with Crippen LogP contribution in [-0.2, 0) is 11.1 Å². The molecule has 0 bridgehead atoms. The van der Waals surface area contributed by atoms with Gasteiger partial charge in [-0.05, 0) is 35.9 Å². The molecule has 144 valence electrons. The highest BCUT2D eigenvalue weighted by Gasteiger charge is 2.55. The normalized spacial score (nSPS) is 20.5. The molecule has 1 N–H and O–H groups in total. The third-order valence-corrected chi connectivity index (χ3v) is 6.11. The van der Waals surface area contributed by atoms with Crippen molar-refractivity contribution in [3.05, 3.63) is 84.2 Å². The smallest absolute Gasteiger partial charge is 0.165 e. The third-order valence-electron chi connectivity index (χ3n) is 6.11. The predicted octanol–water partition coefficient (Wildman–Crippen LogP) is 5.00. The number of hydrogen-bond donors (Lipinski definition) is 1. The molecular formula is C24H26N2O2. The average molecular weight is 374 g/mol. The zero-order valence-electron chi connectivity index (χ0n) is 16.8. The Labute approximate surface area is 166 Å². The van der Waals surface area contributed by atoms with E-state index < -0.39 is 5.66 Å². The van der Waals surface area contributed by atoms with Gasteiger partial charge in [-0.1, -0.05) is 50.3 Å². The summed E-state index contributed by atoms with van der Waals surface area (Å²) in [6, 6.07) is 18.2. The first-order valence-electron chi connectivity index (χ1n) is 9.45. The molecule has 4 nitrogen and oxygen atoms in total. The first kappa shape index (κ1) is 18.2. The maximum Gasteiger partial charge on any atom is 0.165 e. The van der Waals surface area contributed by atoms with Gasteiger partial charge >= 0.3 is 0 Å². The van der Waals surface area contributed by atoms with Crippen molar-refractivity contribution in [3.8, 4) is 11.5 Å². The van der Waals surface area contributed by atoms with Crippen molar-refractivity contribution >= 4 is 11.8 Å². The molecule has 2 heterocycles. The number of methoxy groups -OCH3 is 1. The Balaban J connectivity index is 1.92. The van der Waals surface area contributed by atoms with Crippen LogP contribution < -0.4 is 9.64 Å². The van der Waals surface area contributed by atoms with Crippen molar-refractivity contribution in [2.45, 2.75) is 24.9 Å². The van der Waals surface area contributed by atoms with Crippen molar-refractivity contribution in [3.63, 3.8) is 0 Å². The fourth-order valence-corrected chi connectivity index (χ4v) is 4.60. The Morgan fingerprint density at radius 2 is 1.68 bits per heavy atom. The Morgan fingerprint density at radius 3 is 2.36 bits per heavy atom. The van der Waals surface area contributed by atoms with E-state index in [1.165, 1.54) is 11.3 Å². The van der Waals surface area contributed by atoms with Crippen molar-refractivity contribution in [2.24, 2.45) is 0 Å². The van der Waals surface area contributed by atoms with Gasteiger partial charge in [0.2, 0.25) is 0 Å². The molecule has 0 amide bonds. The van der Waals surface area contributed by atoms with Gasteiger partial charge in [-0.15, -0.1) is 0 Å². The van der Waals surface area contributed by atoms with Crippen LogP contribution in [0, 0.1) is 0 Å². The van der Waals surface area contributed by atoms with Crippen LogP contribution >= 0.6 is 0 Å². The largest absolute Gasteiger partial charge is 0.504 e. The van der Waals surface area contributed by atoms with E-state index in [1.54, 1.807) is 13.2 Å². The maximum atomic E-state index is 10.6. The molecule has 0 saturated carbocycles. The second kappa shape index (κ2) is 6.48. The standard InChI is InChI=1S/C24H26N2O2/c1-23(2)19-11-5-6-12-20(19)25(3)24(23,26-16-7-8-17-26)15-14-18-10-9-13-21(28-4)22(18)27/h5-17,27H,1-4H3/b15-14+. The molecule has 28 heavy (non-hydrogen) atoms. The molecule has 0 radical (unpaired) electrons. The summed E-state index contributed by atoms with van der Waals surface area (Å²) < 4.78 is 7.50. The van der Waals surface area contributed by atoms with Gasteiger partial charge in [-0.2, -0.15) is 0 Å². The fraction of sp³-hybridized carbons (Fsp3) is 0.250. The fourth-order valence-electron chi connectivity index (χ4n) is 4.60. The molecule has 0 spiro atoms. The summed E-state index contributed by atoms with van der Waals surface area (Å²) in [5.41, 5.74) is 2.57. The molecule has 0 fully saturated rings. The Bertz CT molecular complexity index is 1020. The molecule has 1 aliphatic heterocycles. The molecule has 1 aromatic heterocycles. The summed E-state index contributed by atoms with van der Waals surface area (Å²) in [6.07, 6.45) is 8.36. The molecule has 0 saturated heterocycles. The van der Waals surface area contributed by atoms with Gasteiger partial charge in [0.1, 0.15) is 5.66 Å². The topological polar surface area (TPSA) is 37.6 Å². The highest BCUT2D eigenvalue weighted by Crippen LogP contribution is 2.54. The number of hydrogen-bond acceptors (Lipinski definition) is 3. The number of phenolic OH excluding ortho intramolecular Hbond substituents is 1. The zero-order chi connectivity index (χ0) is 19.9. The minimum Gasteiger partial charge on any atom is -0.504 e. The first-order chi connectivity index (χ1) is 13.4. The SMILES string of the molecule is COc1cccc(/C=C/C2(n3cccc3)N(C)c3ccccc3C2(C)C)c1O. The molecule has 1 aliphatic rings. The highest BCUT2D eigenvalue weighted by molar-refractivity contribution is 5.69. The second-order valence-corrected chi connectivity index (χ2v) is 7.75. The van der Waals surface area contributed by atoms with E-state index in [2.05, 4.69) is 73.1 Å². The van der Waals surface area contributed by atoms with Gasteiger partial charge in [0.05, 0.1) is 7.11 Å². The summed E-state index contributed by atoms with van der Waals surface area (Å²) in [4.78, 5) is 2.32. The number of rotatable bonds is 4. The van der Waals surface area contributed by atoms with E-state index >= 15 is 0 Å². The van der Waals surface area contributed by atoms with Gasteiger partial charge < -0.3 is 19.3 Å². The lowest BCUT2D eigenvalue weighted by Crippen LogP contribution is -2.54. The van der Waals surface area contributed by atoms with Crippen LogP contribution in [0.3, 0.4) is 0 Å². The minimum absolute atomic E-state index is 0.153. The van der Waals surface area contributed by atoms with Crippen molar-refractivity contribution in [1.82, 2.24) is 4.57 Å². The van der Waals surface area contributed by atoms with Crippen molar-refractivity contribution < 1.29 is 9.84 Å². The number of para-hydroxylation sites is 2. The van der Waals surface area contributed by atoms with E-state index in [9.17, 15) is 5.11 Å². The van der Waals surface area contributed by atoms with Gasteiger partial charge in [0.15, 0.2) is 11.5 Å². The van der Waals surface area contributed by atoms with Gasteiger partial charge in [-0.3, -0.25) is 0 Å². The van der Waals surface area contributed by atoms with Gasteiger partial charge in [-0.25, -0.2) is 0 Å². The monoisotopic (exact) mass is 374 g/mol. The molecule has 0 aliphatic carbocycles. The van der Waals surface area contributed by atoms with Crippen LogP contribution in [0.15, 0.2) is 73.1 Å². The summed E-state index contributed by atoms with van der Waals surface area (Å²) >= 11 is 0. The lowest BCUT2D eigenvalue weighted by molar-refractivity contribution is 0.238. The number of aromatic hydroxyl groups is 1. The molecule has 1 atom stereocenters. The van der Waals surface area contributed by atoms with E-state index in [-0.39, 0.29) is 11.2 Å². The third kappa shape index (κ3) is 2.37. The maximum absolute atomic E-state index is 10.6. The zero-order valence-corrected chi connectivity index (χ0v) is 16.8. The van der Waals surface area contributed by atoms with E-state index in [4.69, 9.17) is 4.74 Å². The summed E-state index contributed by atoms with van der Waals surface area (Å²) in [5, 5.41) is 10.6. The van der Waals surface area contributed by atoms with Crippen LogP contribution in [-0.4, -0.2) is 23.8 Å². The number of likely N-dealkylation sites (N-methyl/N-ethyl adjacent to an activating group) is 1. The Kier molecular flexibility index (Phi) is 4.22. The second-order valence-electron chi connectivity index (χ2n) is 7.75. The number of anilines is 1. The number of nitrogens with zero attached hydrogens (tertiary/aromatic N) is 2. The summed E-state index contributed by atoms with van der Waals surface area (Å²) in [5.74, 6) is 0.624. The van der Waals surface area contributed by atoms with Gasteiger partial charge in [0.25, 0.3) is 0 Å². The van der Waals surface area contributed by atoms with E-state index in [0.717, 1.165) is 5.56 Å². The Morgan fingerprint density at radius 1 is 0.964 bits per heavy atom. The lowest BCUT2D eigenvalue weighted by Gasteiger charge is -2.45. The van der Waals surface area contributed by atoms with Crippen LogP contribution in [0.5, 0.6) is 11.5 Å². The lowest BCUT2D eigenvalue weighted by atomic mass is 9.75. The van der Waals surface area contributed by atoms with Gasteiger partial charge in [0, 0.05) is 36.1 Å². The van der Waals surface area contributed by atoms with Crippen LogP contribution in [0.2, 0.25) is 0 Å². The Hall–Kier alpha value is -3.14. The average Bonchev–Trinajstić information content (AvgIpc) is 3.28. The van der Waals surface area contributed by atoms with E-state index in [1.807, 2.05) is 30.3 Å². The minimum atomic E-state index is -0.463. The number of aromatic nitrogens is 1. The molecule has 4 heteroatoms. The van der Waals surface area contributed by atoms with Crippen molar-refractivity contribution in [1.29, 1.82) is 0 Å². The van der Waals surface area contributed by atoms with Crippen LogP contribution in [0.25, 0.3) is 6.08 Å². The highest BCUT2D eigenvalue weighted by atomic mass is 16.5. The number of ether oxygens (including phenoxy) is 1. The molecule has 4 rings (SSSR count). The number of phenols is 1. The van der Waals surface area contributed by atoms with E-state index in [0.29, 0.717) is 5.75 Å². The van der Waals surface area contributed by atoms with Crippen LogP contribution in [0.4, 0.5) is 5.69 Å². The van der Waals surface area contributed by atoms with Crippen molar-refractivity contribution in [2.75, 3.05) is 19.1 Å².